The number of carbonyl (C=O) groups is 1. The molecular weight excluding hydrogens is 294 g/mol. The second-order valence-corrected chi connectivity index (χ2v) is 5.22. The van der Waals surface area contributed by atoms with Gasteiger partial charge in [0.25, 0.3) is 0 Å². The summed E-state index contributed by atoms with van der Waals surface area (Å²) in [5.41, 5.74) is 0.839. The van der Waals surface area contributed by atoms with Gasteiger partial charge in [0, 0.05) is 20.1 Å². The number of tetrazole rings is 1. The molecule has 0 aliphatic rings. The molecule has 8 heteroatoms. The molecule has 23 heavy (non-hydrogen) atoms. The number of aromatic nitrogens is 4. The van der Waals surface area contributed by atoms with Crippen LogP contribution in [-0.2, 0) is 4.79 Å². The van der Waals surface area contributed by atoms with E-state index in [0.717, 1.165) is 12.2 Å². The third-order valence-corrected chi connectivity index (χ3v) is 3.55. The summed E-state index contributed by atoms with van der Waals surface area (Å²) < 4.78 is 1.59. The van der Waals surface area contributed by atoms with E-state index in [9.17, 15) is 4.79 Å². The normalized spacial score (nSPS) is 12.0. The van der Waals surface area contributed by atoms with Crippen molar-refractivity contribution in [3.8, 4) is 5.69 Å². The van der Waals surface area contributed by atoms with Crippen LogP contribution in [-0.4, -0.2) is 64.2 Å². The Morgan fingerprint density at radius 2 is 2.09 bits per heavy atom. The van der Waals surface area contributed by atoms with E-state index in [-0.39, 0.29) is 11.9 Å². The number of hydrogen-bond acceptors (Lipinski definition) is 6. The lowest BCUT2D eigenvalue weighted by molar-refractivity contribution is -0.130. The molecule has 1 unspecified atom stereocenters. The van der Waals surface area contributed by atoms with E-state index < -0.39 is 0 Å². The Labute approximate surface area is 135 Å². The standard InChI is InChI=1S/C15H23N7O/c1-4-13(14(23)21(3)11-10-16-2)17-15-18-19-20-22(15)12-8-6-5-7-9-12/h5-9,13,16H,4,10-11H2,1-3H3,(H,17,18,20). The van der Waals surface area contributed by atoms with Crippen molar-refractivity contribution in [3.63, 3.8) is 0 Å². The third kappa shape index (κ3) is 4.26. The quantitative estimate of drug-likeness (QED) is 0.738. The van der Waals surface area contributed by atoms with E-state index in [1.807, 2.05) is 44.3 Å². The highest BCUT2D eigenvalue weighted by Gasteiger charge is 2.22. The highest BCUT2D eigenvalue weighted by molar-refractivity contribution is 5.84. The molecule has 0 spiro atoms. The fourth-order valence-corrected chi connectivity index (χ4v) is 2.17. The SMILES string of the molecule is CCC(Nc1nnnn1-c1ccccc1)C(=O)N(C)CCNC. The smallest absolute Gasteiger partial charge is 0.248 e. The minimum absolute atomic E-state index is 0.0189. The summed E-state index contributed by atoms with van der Waals surface area (Å²) in [5, 5.41) is 17.9. The van der Waals surface area contributed by atoms with Gasteiger partial charge >= 0.3 is 0 Å². The fourth-order valence-electron chi connectivity index (χ4n) is 2.17. The van der Waals surface area contributed by atoms with Crippen molar-refractivity contribution in [1.29, 1.82) is 0 Å². The predicted molar refractivity (Wildman–Crippen MR) is 88.4 cm³/mol. The number of benzene rings is 1. The second kappa shape index (κ2) is 8.23. The first kappa shape index (κ1) is 16.9. The van der Waals surface area contributed by atoms with Crippen LogP contribution in [0.15, 0.2) is 30.3 Å². The van der Waals surface area contributed by atoms with Crippen LogP contribution in [0.4, 0.5) is 5.95 Å². The van der Waals surface area contributed by atoms with Crippen LogP contribution in [0.2, 0.25) is 0 Å². The first-order valence-corrected chi connectivity index (χ1v) is 7.67. The molecule has 8 nitrogen and oxygen atoms in total. The molecule has 1 aromatic carbocycles. The van der Waals surface area contributed by atoms with Gasteiger partial charge in [0.1, 0.15) is 6.04 Å². The maximum Gasteiger partial charge on any atom is 0.248 e. The Kier molecular flexibility index (Phi) is 6.04. The van der Waals surface area contributed by atoms with Crippen molar-refractivity contribution < 1.29 is 4.79 Å². The van der Waals surface area contributed by atoms with Gasteiger partial charge < -0.3 is 15.5 Å². The highest BCUT2D eigenvalue weighted by Crippen LogP contribution is 2.13. The monoisotopic (exact) mass is 317 g/mol. The Morgan fingerprint density at radius 3 is 2.74 bits per heavy atom. The van der Waals surface area contributed by atoms with Gasteiger partial charge in [-0.3, -0.25) is 4.79 Å². The van der Waals surface area contributed by atoms with Crippen molar-refractivity contribution >= 4 is 11.9 Å². The molecule has 0 saturated heterocycles. The summed E-state index contributed by atoms with van der Waals surface area (Å²) >= 11 is 0. The summed E-state index contributed by atoms with van der Waals surface area (Å²) in [6, 6.07) is 9.19. The molecule has 0 fully saturated rings. The average molecular weight is 317 g/mol. The number of likely N-dealkylation sites (N-methyl/N-ethyl adjacent to an activating group) is 2. The van der Waals surface area contributed by atoms with E-state index in [1.165, 1.54) is 0 Å². The van der Waals surface area contributed by atoms with Gasteiger partial charge in [0.2, 0.25) is 11.9 Å². The molecule has 0 aliphatic carbocycles. The van der Waals surface area contributed by atoms with Crippen LogP contribution < -0.4 is 10.6 Å². The topological polar surface area (TPSA) is 88.0 Å². The van der Waals surface area contributed by atoms with Gasteiger partial charge in [-0.1, -0.05) is 30.2 Å². The molecule has 124 valence electrons. The van der Waals surface area contributed by atoms with Crippen LogP contribution in [0, 0.1) is 0 Å². The van der Waals surface area contributed by atoms with E-state index in [2.05, 4.69) is 26.2 Å². The summed E-state index contributed by atoms with van der Waals surface area (Å²) in [5.74, 6) is 0.476. The van der Waals surface area contributed by atoms with E-state index in [1.54, 1.807) is 16.6 Å². The first-order valence-electron chi connectivity index (χ1n) is 7.67. The molecule has 1 amide bonds. The number of anilines is 1. The Balaban J connectivity index is 2.11. The molecule has 1 atom stereocenters. The summed E-state index contributed by atoms with van der Waals surface area (Å²) in [7, 11) is 3.66. The van der Waals surface area contributed by atoms with Crippen LogP contribution in [0.3, 0.4) is 0 Å². The van der Waals surface area contributed by atoms with Crippen molar-refractivity contribution in [2.24, 2.45) is 0 Å². The van der Waals surface area contributed by atoms with Crippen LogP contribution in [0.25, 0.3) is 5.69 Å². The van der Waals surface area contributed by atoms with Gasteiger partial charge in [0.15, 0.2) is 0 Å². The first-order chi connectivity index (χ1) is 11.2. The molecular formula is C15H23N7O. The lowest BCUT2D eigenvalue weighted by atomic mass is 10.2. The number of nitrogens with one attached hydrogen (secondary N) is 2. The summed E-state index contributed by atoms with van der Waals surface area (Å²) in [4.78, 5) is 14.2. The Morgan fingerprint density at radius 1 is 1.35 bits per heavy atom. The summed E-state index contributed by atoms with van der Waals surface area (Å²) in [6.07, 6.45) is 0.643. The van der Waals surface area contributed by atoms with Gasteiger partial charge in [0.05, 0.1) is 5.69 Å². The molecule has 1 heterocycles. The van der Waals surface area contributed by atoms with Crippen molar-refractivity contribution in [2.45, 2.75) is 19.4 Å². The molecule has 0 aliphatic heterocycles. The fraction of sp³-hybridized carbons (Fsp3) is 0.467. The lowest BCUT2D eigenvalue weighted by Crippen LogP contribution is -2.43. The summed E-state index contributed by atoms with van der Waals surface area (Å²) in [6.45, 7) is 3.36. The predicted octanol–water partition coefficient (Wildman–Crippen LogP) is 0.531. The molecule has 0 radical (unpaired) electrons. The van der Waals surface area contributed by atoms with Gasteiger partial charge in [-0.15, -0.1) is 0 Å². The van der Waals surface area contributed by atoms with E-state index >= 15 is 0 Å². The van der Waals surface area contributed by atoms with Crippen molar-refractivity contribution in [1.82, 2.24) is 30.4 Å². The van der Waals surface area contributed by atoms with Crippen LogP contribution in [0.1, 0.15) is 13.3 Å². The number of hydrogen-bond donors (Lipinski definition) is 2. The van der Waals surface area contributed by atoms with E-state index in [0.29, 0.717) is 18.9 Å². The second-order valence-electron chi connectivity index (χ2n) is 5.22. The third-order valence-electron chi connectivity index (χ3n) is 3.55. The average Bonchev–Trinajstić information content (AvgIpc) is 3.05. The zero-order valence-electron chi connectivity index (χ0n) is 13.7. The van der Waals surface area contributed by atoms with Gasteiger partial charge in [-0.05, 0) is 36.0 Å². The minimum Gasteiger partial charge on any atom is -0.343 e. The highest BCUT2D eigenvalue weighted by atomic mass is 16.2. The molecule has 0 saturated carbocycles. The molecule has 2 aromatic rings. The van der Waals surface area contributed by atoms with Crippen molar-refractivity contribution in [3.05, 3.63) is 30.3 Å². The Hall–Kier alpha value is -2.48. The molecule has 0 bridgehead atoms. The van der Waals surface area contributed by atoms with E-state index in [4.69, 9.17) is 0 Å². The molecule has 2 N–H and O–H groups in total. The number of rotatable bonds is 8. The lowest BCUT2D eigenvalue weighted by Gasteiger charge is -2.23. The number of amides is 1. The number of carbonyl (C=O) groups excluding carboxylic acids is 1. The number of para-hydroxylation sites is 1. The van der Waals surface area contributed by atoms with Crippen LogP contribution in [0.5, 0.6) is 0 Å². The van der Waals surface area contributed by atoms with Gasteiger partial charge in [-0.25, -0.2) is 0 Å². The maximum atomic E-state index is 12.5. The Bertz CT molecular complexity index is 613. The minimum atomic E-state index is -0.370. The zero-order chi connectivity index (χ0) is 16.7. The molecule has 2 rings (SSSR count). The van der Waals surface area contributed by atoms with Gasteiger partial charge in [-0.2, -0.15) is 4.68 Å². The maximum absolute atomic E-state index is 12.5. The largest absolute Gasteiger partial charge is 0.343 e. The molecule has 1 aromatic heterocycles. The zero-order valence-corrected chi connectivity index (χ0v) is 13.7. The van der Waals surface area contributed by atoms with Crippen LogP contribution >= 0.6 is 0 Å². The number of nitrogens with zero attached hydrogens (tertiary/aromatic N) is 5. The van der Waals surface area contributed by atoms with Crippen molar-refractivity contribution in [2.75, 3.05) is 32.5 Å².